The number of benzene rings is 2. The van der Waals surface area contributed by atoms with Crippen LogP contribution in [0.4, 0.5) is 0 Å². The molecule has 0 heterocycles. The zero-order valence-electron chi connectivity index (χ0n) is 16.7. The van der Waals surface area contributed by atoms with E-state index in [2.05, 4.69) is 5.32 Å². The van der Waals surface area contributed by atoms with Crippen LogP contribution in [-0.4, -0.2) is 30.2 Å². The summed E-state index contributed by atoms with van der Waals surface area (Å²) in [5.41, 5.74) is 0.391. The molecule has 0 bridgehead atoms. The van der Waals surface area contributed by atoms with E-state index in [0.717, 1.165) is 5.56 Å². The Labute approximate surface area is 165 Å². The molecule has 1 amide bonds. The van der Waals surface area contributed by atoms with E-state index in [1.54, 1.807) is 38.3 Å². The minimum atomic E-state index is -1.07. The molecule has 0 aromatic heterocycles. The second-order valence-corrected chi connectivity index (χ2v) is 7.17. The highest BCUT2D eigenvalue weighted by atomic mass is 16.5. The summed E-state index contributed by atoms with van der Waals surface area (Å²) in [7, 11) is 1.54. The van der Waals surface area contributed by atoms with Crippen molar-refractivity contribution in [3.63, 3.8) is 0 Å². The van der Waals surface area contributed by atoms with E-state index in [4.69, 9.17) is 9.47 Å². The van der Waals surface area contributed by atoms with Crippen LogP contribution < -0.4 is 14.8 Å². The van der Waals surface area contributed by atoms with E-state index in [9.17, 15) is 14.7 Å². The third-order valence-corrected chi connectivity index (χ3v) is 4.26. The predicted octanol–water partition coefficient (Wildman–Crippen LogP) is 3.53. The number of nitrogens with one attached hydrogen (secondary N) is 1. The summed E-state index contributed by atoms with van der Waals surface area (Å²) in [6, 6.07) is 14.4. The van der Waals surface area contributed by atoms with Crippen molar-refractivity contribution in [1.82, 2.24) is 5.32 Å². The SMILES string of the molecule is COc1cccc(C(C)(CC(=O)O)NC(=O)Cc2cccc(OC(C)C)c2)c1. The van der Waals surface area contributed by atoms with Gasteiger partial charge in [-0.05, 0) is 56.2 Å². The molecule has 2 rings (SSSR count). The molecule has 0 aliphatic carbocycles. The molecule has 6 nitrogen and oxygen atoms in total. The van der Waals surface area contributed by atoms with Crippen LogP contribution in [0.2, 0.25) is 0 Å². The number of methoxy groups -OCH3 is 1. The van der Waals surface area contributed by atoms with Crippen molar-refractivity contribution < 1.29 is 24.2 Å². The molecule has 0 radical (unpaired) electrons. The zero-order chi connectivity index (χ0) is 20.7. The molecule has 0 aliphatic rings. The zero-order valence-corrected chi connectivity index (χ0v) is 16.7. The third-order valence-electron chi connectivity index (χ3n) is 4.26. The van der Waals surface area contributed by atoms with E-state index in [1.165, 1.54) is 0 Å². The minimum Gasteiger partial charge on any atom is -0.497 e. The monoisotopic (exact) mass is 385 g/mol. The lowest BCUT2D eigenvalue weighted by Gasteiger charge is -2.30. The fourth-order valence-electron chi connectivity index (χ4n) is 3.03. The number of amides is 1. The molecule has 0 saturated carbocycles. The van der Waals surface area contributed by atoms with Crippen molar-refractivity contribution >= 4 is 11.9 Å². The third kappa shape index (κ3) is 6.01. The summed E-state index contributed by atoms with van der Waals surface area (Å²) in [6.45, 7) is 5.57. The first-order valence-corrected chi connectivity index (χ1v) is 9.15. The Morgan fingerprint density at radius 3 is 2.43 bits per heavy atom. The number of carbonyl (C=O) groups excluding carboxylic acids is 1. The number of hydrogen-bond acceptors (Lipinski definition) is 4. The highest BCUT2D eigenvalue weighted by molar-refractivity contribution is 5.81. The normalized spacial score (nSPS) is 12.9. The van der Waals surface area contributed by atoms with Gasteiger partial charge >= 0.3 is 5.97 Å². The van der Waals surface area contributed by atoms with Crippen molar-refractivity contribution in [3.8, 4) is 11.5 Å². The van der Waals surface area contributed by atoms with Gasteiger partial charge < -0.3 is 19.9 Å². The number of rotatable bonds is 9. The number of ether oxygens (including phenoxy) is 2. The molecule has 0 fully saturated rings. The molecule has 6 heteroatoms. The lowest BCUT2D eigenvalue weighted by Crippen LogP contribution is -2.45. The van der Waals surface area contributed by atoms with Crippen LogP contribution >= 0.6 is 0 Å². The van der Waals surface area contributed by atoms with E-state index in [-0.39, 0.29) is 24.9 Å². The molecule has 2 aromatic carbocycles. The first-order chi connectivity index (χ1) is 13.2. The molecular formula is C22H27NO5. The van der Waals surface area contributed by atoms with Crippen LogP contribution in [0.25, 0.3) is 0 Å². The Hall–Kier alpha value is -3.02. The van der Waals surface area contributed by atoms with Gasteiger partial charge in [-0.25, -0.2) is 0 Å². The Bertz CT molecular complexity index is 833. The molecule has 2 N–H and O–H groups in total. The van der Waals surface area contributed by atoms with Crippen LogP contribution in [0.3, 0.4) is 0 Å². The fraction of sp³-hybridized carbons (Fsp3) is 0.364. The Kier molecular flexibility index (Phi) is 7.04. The van der Waals surface area contributed by atoms with Gasteiger partial charge in [-0.1, -0.05) is 24.3 Å². The summed E-state index contributed by atoms with van der Waals surface area (Å²) >= 11 is 0. The minimum absolute atomic E-state index is 0.0380. The van der Waals surface area contributed by atoms with Crippen molar-refractivity contribution in [2.24, 2.45) is 0 Å². The lowest BCUT2D eigenvalue weighted by molar-refractivity contribution is -0.139. The quantitative estimate of drug-likeness (QED) is 0.690. The van der Waals surface area contributed by atoms with Gasteiger partial charge in [0.1, 0.15) is 11.5 Å². The van der Waals surface area contributed by atoms with Crippen LogP contribution in [-0.2, 0) is 21.5 Å². The molecule has 1 atom stereocenters. The molecular weight excluding hydrogens is 358 g/mol. The largest absolute Gasteiger partial charge is 0.497 e. The highest BCUT2D eigenvalue weighted by Crippen LogP contribution is 2.28. The van der Waals surface area contributed by atoms with E-state index in [1.807, 2.05) is 38.1 Å². The van der Waals surface area contributed by atoms with Crippen molar-refractivity contribution in [2.75, 3.05) is 7.11 Å². The molecule has 28 heavy (non-hydrogen) atoms. The highest BCUT2D eigenvalue weighted by Gasteiger charge is 2.32. The van der Waals surface area contributed by atoms with Gasteiger partial charge in [0, 0.05) is 0 Å². The summed E-state index contributed by atoms with van der Waals surface area (Å²) in [5, 5.41) is 12.2. The second-order valence-electron chi connectivity index (χ2n) is 7.17. The molecule has 1 unspecified atom stereocenters. The average Bonchev–Trinajstić information content (AvgIpc) is 2.60. The second kappa shape index (κ2) is 9.26. The van der Waals surface area contributed by atoms with Crippen molar-refractivity contribution in [1.29, 1.82) is 0 Å². The van der Waals surface area contributed by atoms with Crippen LogP contribution in [0, 0.1) is 0 Å². The summed E-state index contributed by atoms with van der Waals surface area (Å²) < 4.78 is 10.9. The molecule has 0 saturated heterocycles. The maximum atomic E-state index is 12.7. The van der Waals surface area contributed by atoms with Crippen molar-refractivity contribution in [2.45, 2.75) is 45.3 Å². The number of carboxylic acid groups (broad SMARTS) is 1. The fourth-order valence-corrected chi connectivity index (χ4v) is 3.03. The Morgan fingerprint density at radius 1 is 1.11 bits per heavy atom. The number of carbonyl (C=O) groups is 2. The average molecular weight is 385 g/mol. The van der Waals surface area contributed by atoms with Gasteiger partial charge in [-0.15, -0.1) is 0 Å². The maximum absolute atomic E-state index is 12.7. The number of carboxylic acids is 1. The predicted molar refractivity (Wildman–Crippen MR) is 107 cm³/mol. The van der Waals surface area contributed by atoms with E-state index >= 15 is 0 Å². The van der Waals surface area contributed by atoms with Gasteiger partial charge in [-0.2, -0.15) is 0 Å². The van der Waals surface area contributed by atoms with Gasteiger partial charge in [0.2, 0.25) is 5.91 Å². The number of hydrogen-bond donors (Lipinski definition) is 2. The van der Waals surface area contributed by atoms with E-state index < -0.39 is 11.5 Å². The maximum Gasteiger partial charge on any atom is 0.306 e. The summed E-state index contributed by atoms with van der Waals surface area (Å²) in [6.07, 6.45) is -0.0901. The molecule has 150 valence electrons. The molecule has 0 aliphatic heterocycles. The van der Waals surface area contributed by atoms with Crippen LogP contribution in [0.1, 0.15) is 38.3 Å². The van der Waals surface area contributed by atoms with Crippen LogP contribution in [0.5, 0.6) is 11.5 Å². The summed E-state index contributed by atoms with van der Waals surface area (Å²) in [4.78, 5) is 24.1. The first kappa shape index (κ1) is 21.3. The topological polar surface area (TPSA) is 84.9 Å². The van der Waals surface area contributed by atoms with Crippen LogP contribution in [0.15, 0.2) is 48.5 Å². The van der Waals surface area contributed by atoms with Gasteiger partial charge in [0.25, 0.3) is 0 Å². The van der Waals surface area contributed by atoms with Crippen molar-refractivity contribution in [3.05, 3.63) is 59.7 Å². The van der Waals surface area contributed by atoms with Gasteiger partial charge in [-0.3, -0.25) is 9.59 Å². The number of aliphatic carboxylic acids is 1. The van der Waals surface area contributed by atoms with Gasteiger partial charge in [0.05, 0.1) is 31.6 Å². The standard InChI is InChI=1S/C22H27NO5/c1-15(2)28-19-10-5-7-16(11-19)12-20(24)23-22(3,14-21(25)26)17-8-6-9-18(13-17)27-4/h5-11,13,15H,12,14H2,1-4H3,(H,23,24)(H,25,26). The first-order valence-electron chi connectivity index (χ1n) is 9.15. The summed E-state index contributed by atoms with van der Waals surface area (Å²) in [5.74, 6) is 0.0227. The Balaban J connectivity index is 2.20. The smallest absolute Gasteiger partial charge is 0.306 e. The van der Waals surface area contributed by atoms with E-state index in [0.29, 0.717) is 17.1 Å². The van der Waals surface area contributed by atoms with Gasteiger partial charge in [0.15, 0.2) is 0 Å². The Morgan fingerprint density at radius 2 is 1.79 bits per heavy atom. The molecule has 2 aromatic rings. The lowest BCUT2D eigenvalue weighted by atomic mass is 9.88. The molecule has 0 spiro atoms.